The van der Waals surface area contributed by atoms with E-state index in [2.05, 4.69) is 16.5 Å². The summed E-state index contributed by atoms with van der Waals surface area (Å²) in [4.78, 5) is 7.69. The number of hydrogen-bond donors (Lipinski definition) is 2. The third-order valence-corrected chi connectivity index (χ3v) is 1.49. The minimum atomic E-state index is -0.115. The van der Waals surface area contributed by atoms with Crippen molar-refractivity contribution in [1.82, 2.24) is 9.97 Å². The summed E-state index contributed by atoms with van der Waals surface area (Å²) in [5.41, 5.74) is 6.77. The Bertz CT molecular complexity index is 286. The van der Waals surface area contributed by atoms with Crippen molar-refractivity contribution in [3.05, 3.63) is 30.1 Å². The van der Waals surface area contributed by atoms with Crippen LogP contribution in [0.4, 0.5) is 5.95 Å². The number of aromatic nitrogens is 2. The highest BCUT2D eigenvalue weighted by atomic mass is 16.3. The van der Waals surface area contributed by atoms with Gasteiger partial charge >= 0.3 is 0 Å². The van der Waals surface area contributed by atoms with E-state index < -0.39 is 0 Å². The van der Waals surface area contributed by atoms with Crippen LogP contribution >= 0.6 is 0 Å². The van der Waals surface area contributed by atoms with Crippen LogP contribution < -0.4 is 5.73 Å². The van der Waals surface area contributed by atoms with Crippen LogP contribution in [0.15, 0.2) is 18.9 Å². The second-order valence-corrected chi connectivity index (χ2v) is 2.35. The number of nitrogens with zero attached hydrogens (tertiary/aromatic N) is 2. The van der Waals surface area contributed by atoms with Gasteiger partial charge in [0.15, 0.2) is 0 Å². The highest BCUT2D eigenvalue weighted by Crippen LogP contribution is 2.07. The lowest BCUT2D eigenvalue weighted by Crippen LogP contribution is -2.03. The second kappa shape index (κ2) is 3.82. The van der Waals surface area contributed by atoms with Gasteiger partial charge in [-0.15, -0.1) is 6.58 Å². The Hall–Kier alpha value is -1.42. The molecule has 1 heterocycles. The zero-order valence-corrected chi connectivity index (χ0v) is 6.70. The molecule has 1 aromatic rings. The van der Waals surface area contributed by atoms with Gasteiger partial charge < -0.3 is 10.8 Å². The van der Waals surface area contributed by atoms with Gasteiger partial charge in [-0.1, -0.05) is 6.08 Å². The molecule has 0 aliphatic carbocycles. The average molecular weight is 165 g/mol. The zero-order chi connectivity index (χ0) is 8.97. The first-order chi connectivity index (χ1) is 5.77. The molecular formula is C8H11N3O. The van der Waals surface area contributed by atoms with Gasteiger partial charge in [-0.05, 0) is 12.0 Å². The summed E-state index contributed by atoms with van der Waals surface area (Å²) in [6.45, 7) is 3.47. The summed E-state index contributed by atoms with van der Waals surface area (Å²) >= 11 is 0. The van der Waals surface area contributed by atoms with Gasteiger partial charge in [0, 0.05) is 6.20 Å². The van der Waals surface area contributed by atoms with Crippen LogP contribution in [0.5, 0.6) is 0 Å². The van der Waals surface area contributed by atoms with Crippen LogP contribution in [-0.2, 0) is 13.0 Å². The van der Waals surface area contributed by atoms with Crippen LogP contribution in [-0.4, -0.2) is 15.1 Å². The molecule has 0 saturated carbocycles. The van der Waals surface area contributed by atoms with Crippen molar-refractivity contribution < 1.29 is 5.11 Å². The van der Waals surface area contributed by atoms with Crippen LogP contribution in [0.2, 0.25) is 0 Å². The maximum atomic E-state index is 8.89. The number of aliphatic hydroxyl groups excluding tert-OH is 1. The minimum absolute atomic E-state index is 0.115. The fraction of sp³-hybridized carbons (Fsp3) is 0.250. The lowest BCUT2D eigenvalue weighted by atomic mass is 10.2. The van der Waals surface area contributed by atoms with Gasteiger partial charge in [0.2, 0.25) is 5.95 Å². The van der Waals surface area contributed by atoms with Crippen molar-refractivity contribution in [3.8, 4) is 0 Å². The minimum Gasteiger partial charge on any atom is -0.390 e. The van der Waals surface area contributed by atoms with E-state index in [1.807, 2.05) is 0 Å². The topological polar surface area (TPSA) is 72.0 Å². The van der Waals surface area contributed by atoms with Gasteiger partial charge in [0.1, 0.15) is 0 Å². The summed E-state index contributed by atoms with van der Waals surface area (Å²) in [6.07, 6.45) is 3.99. The second-order valence-electron chi connectivity index (χ2n) is 2.35. The maximum absolute atomic E-state index is 8.89. The Labute approximate surface area is 70.8 Å². The van der Waals surface area contributed by atoms with E-state index in [1.54, 1.807) is 12.3 Å². The van der Waals surface area contributed by atoms with E-state index in [9.17, 15) is 0 Å². The zero-order valence-electron chi connectivity index (χ0n) is 6.70. The molecule has 0 amide bonds. The van der Waals surface area contributed by atoms with Gasteiger partial charge in [-0.3, -0.25) is 0 Å². The predicted molar refractivity (Wildman–Crippen MR) is 46.3 cm³/mol. The summed E-state index contributed by atoms with van der Waals surface area (Å²) in [6, 6.07) is 0. The standard InChI is InChI=1S/C8H11N3O/c1-2-3-6-4-10-8(9)11-7(6)5-12/h2,4,12H,1,3,5H2,(H2,9,10,11). The van der Waals surface area contributed by atoms with Crippen molar-refractivity contribution in [2.24, 2.45) is 0 Å². The molecule has 0 saturated heterocycles. The normalized spacial score (nSPS) is 9.75. The molecule has 0 atom stereocenters. The summed E-state index contributed by atoms with van der Waals surface area (Å²) in [7, 11) is 0. The van der Waals surface area contributed by atoms with Crippen molar-refractivity contribution in [2.75, 3.05) is 5.73 Å². The van der Waals surface area contributed by atoms with E-state index >= 15 is 0 Å². The van der Waals surface area contributed by atoms with E-state index in [0.717, 1.165) is 5.56 Å². The number of anilines is 1. The molecule has 3 N–H and O–H groups in total. The van der Waals surface area contributed by atoms with Crippen molar-refractivity contribution in [3.63, 3.8) is 0 Å². The van der Waals surface area contributed by atoms with Gasteiger partial charge in [0.25, 0.3) is 0 Å². The Morgan fingerprint density at radius 1 is 1.67 bits per heavy atom. The molecule has 0 aliphatic rings. The lowest BCUT2D eigenvalue weighted by Gasteiger charge is -2.02. The summed E-state index contributed by atoms with van der Waals surface area (Å²) in [5.74, 6) is 0.187. The van der Waals surface area contributed by atoms with E-state index in [1.165, 1.54) is 0 Å². The van der Waals surface area contributed by atoms with Crippen molar-refractivity contribution >= 4 is 5.95 Å². The number of nitrogens with two attached hydrogens (primary N) is 1. The molecule has 1 rings (SSSR count). The predicted octanol–water partition coefficient (Wildman–Crippen LogP) is 0.280. The first-order valence-corrected chi connectivity index (χ1v) is 3.60. The number of aliphatic hydroxyl groups is 1. The average Bonchev–Trinajstić information content (AvgIpc) is 2.08. The van der Waals surface area contributed by atoms with E-state index in [0.29, 0.717) is 12.1 Å². The van der Waals surface area contributed by atoms with Crippen molar-refractivity contribution in [2.45, 2.75) is 13.0 Å². The molecule has 0 unspecified atom stereocenters. The van der Waals surface area contributed by atoms with Gasteiger partial charge in [-0.2, -0.15) is 0 Å². The van der Waals surface area contributed by atoms with Gasteiger partial charge in [0.05, 0.1) is 12.3 Å². The van der Waals surface area contributed by atoms with Gasteiger partial charge in [-0.25, -0.2) is 9.97 Å². The summed E-state index contributed by atoms with van der Waals surface area (Å²) in [5, 5.41) is 8.89. The van der Waals surface area contributed by atoms with Crippen molar-refractivity contribution in [1.29, 1.82) is 0 Å². The Kier molecular flexibility index (Phi) is 2.76. The Morgan fingerprint density at radius 3 is 3.00 bits per heavy atom. The molecule has 4 nitrogen and oxygen atoms in total. The molecular weight excluding hydrogens is 154 g/mol. The Morgan fingerprint density at radius 2 is 2.42 bits per heavy atom. The Balaban J connectivity index is 3.01. The molecule has 0 spiro atoms. The largest absolute Gasteiger partial charge is 0.390 e. The molecule has 0 bridgehead atoms. The molecule has 0 aliphatic heterocycles. The first kappa shape index (κ1) is 8.67. The van der Waals surface area contributed by atoms with Crippen LogP contribution in [0.1, 0.15) is 11.3 Å². The molecule has 64 valence electrons. The fourth-order valence-electron chi connectivity index (χ4n) is 0.920. The van der Waals surface area contributed by atoms with E-state index in [-0.39, 0.29) is 12.6 Å². The number of allylic oxidation sites excluding steroid dienone is 1. The van der Waals surface area contributed by atoms with Crippen LogP contribution in [0, 0.1) is 0 Å². The molecule has 0 radical (unpaired) electrons. The molecule has 0 aromatic carbocycles. The highest BCUT2D eigenvalue weighted by Gasteiger charge is 2.02. The molecule has 1 aromatic heterocycles. The highest BCUT2D eigenvalue weighted by molar-refractivity contribution is 5.26. The number of hydrogen-bond acceptors (Lipinski definition) is 4. The SMILES string of the molecule is C=CCc1cnc(N)nc1CO. The van der Waals surface area contributed by atoms with Crippen LogP contribution in [0.25, 0.3) is 0 Å². The third-order valence-electron chi connectivity index (χ3n) is 1.49. The number of nitrogen functional groups attached to an aromatic ring is 1. The summed E-state index contributed by atoms with van der Waals surface area (Å²) < 4.78 is 0. The quantitative estimate of drug-likeness (QED) is 0.631. The van der Waals surface area contributed by atoms with Crippen LogP contribution in [0.3, 0.4) is 0 Å². The monoisotopic (exact) mass is 165 g/mol. The molecule has 0 fully saturated rings. The third kappa shape index (κ3) is 1.79. The smallest absolute Gasteiger partial charge is 0.220 e. The fourth-order valence-corrected chi connectivity index (χ4v) is 0.920. The molecule has 12 heavy (non-hydrogen) atoms. The van der Waals surface area contributed by atoms with E-state index in [4.69, 9.17) is 10.8 Å². The first-order valence-electron chi connectivity index (χ1n) is 3.60. The maximum Gasteiger partial charge on any atom is 0.220 e. The number of rotatable bonds is 3. The lowest BCUT2D eigenvalue weighted by molar-refractivity contribution is 0.275. The molecule has 4 heteroatoms.